The summed E-state index contributed by atoms with van der Waals surface area (Å²) in [5.41, 5.74) is 30.5. The van der Waals surface area contributed by atoms with Crippen LogP contribution < -0.4 is 0 Å². The van der Waals surface area contributed by atoms with Gasteiger partial charge in [-0.1, -0.05) is 142 Å². The zero-order valence-corrected chi connectivity index (χ0v) is 81.7. The Balaban J connectivity index is 0.000000120. The number of rotatable bonds is 24. The molecule has 4 atom stereocenters. The fourth-order valence-electron chi connectivity index (χ4n) is 19.0. The highest BCUT2D eigenvalue weighted by molar-refractivity contribution is 5.98. The largest absolute Gasteiger partial charge is 0.469 e. The molecule has 0 radical (unpaired) electrons. The highest BCUT2D eigenvalue weighted by atomic mass is 16.5. The normalized spacial score (nSPS) is 13.7. The van der Waals surface area contributed by atoms with E-state index in [1.54, 1.807) is 63.4 Å². The highest BCUT2D eigenvalue weighted by Gasteiger charge is 2.53. The molecule has 30 nitrogen and oxygen atoms in total. The van der Waals surface area contributed by atoms with Crippen LogP contribution in [0, 0.1) is 55.4 Å². The number of aromatic nitrogens is 20. The number of methoxy groups -OCH3 is 2. The molecule has 16 heterocycles. The Morgan fingerprint density at radius 2 is 0.606 bits per heavy atom. The number of carbonyl (C=O) groups is 4. The van der Waals surface area contributed by atoms with Crippen molar-refractivity contribution in [2.75, 3.05) is 14.2 Å². The molecule has 30 heteroatoms. The van der Waals surface area contributed by atoms with Crippen molar-refractivity contribution in [2.45, 2.75) is 170 Å². The van der Waals surface area contributed by atoms with Gasteiger partial charge in [-0.3, -0.25) is 39.1 Å². The second kappa shape index (κ2) is 39.2. The number of aryl methyl sites for hydroxylation is 8. The molecule has 16 aromatic heterocycles. The van der Waals surface area contributed by atoms with Gasteiger partial charge in [-0.15, -0.1) is 0 Å². The van der Waals surface area contributed by atoms with Crippen molar-refractivity contribution >= 4 is 68.2 Å². The lowest BCUT2D eigenvalue weighted by Gasteiger charge is -2.14. The molecule has 0 unspecified atom stereocenters. The SMILES string of the molecule is CC(=O)C1(c2ccc(-c3cn([C@@H](C)c4ccccn4)c4nc(-c5c(C)noc5C)cnc34)cc2)CC1.CC(=O)Cc1ccc(-c2cn([C@@H](C)c3ccccn3)c3nc(-c4c(C)noc4C)cnc23)cc1.COC(=O)C1(c2ccc(-c3cn([C@@H](C)c4ccccn4)c4nc(-c5c(C)noc5C)cnc34)cc2)CC1.COC(=O)Cc1ccc(-c2cn([C@@H](C)c3ccccn3)c3nc(-c4c(C)noc4C)cnc23)cc1. The third-order valence-corrected chi connectivity index (χ3v) is 27.2. The van der Waals surface area contributed by atoms with Crippen LogP contribution in [0.1, 0.15) is 182 Å². The second-order valence-corrected chi connectivity index (χ2v) is 36.4. The zero-order valence-electron chi connectivity index (χ0n) is 81.7. The Bertz CT molecular complexity index is 8020. The first-order chi connectivity index (χ1) is 68.7. The van der Waals surface area contributed by atoms with Crippen molar-refractivity contribution in [3.63, 3.8) is 0 Å². The Kier molecular flexibility index (Phi) is 25.9. The van der Waals surface area contributed by atoms with Gasteiger partial charge in [-0.25, -0.2) is 39.9 Å². The minimum absolute atomic E-state index is 0.0522. The standard InChI is InChI=1S/C29H27N5O3.C29H27N5O2.C27H25N5O3.C27H25N5O2/c1-17-25(19(3)37-33-17)24-15-31-26-22(16-34(27(26)32-24)18(2)23-7-5-6-14-30-23)20-8-10-21(11-9-20)29(12-13-29)28(35)36-4;1-17-26(19(3)36-33-17)25-15-31-27-23(21-8-10-22(11-9-21)29(12-13-29)20(4)35)16-34(28(27)32-25)18(2)24-7-5-6-14-30-24;1-16-25(18(3)35-31-16)23-14-29-26-21(20-10-8-19(9-11-20)13-24(33)34-4)15-32(27(26)30-23)17(2)22-7-5-6-12-28-22;1-16(33)13-20-8-10-21(11-9-20)22-15-32(18(3)23-7-5-6-12-28-23)27-26(22)29-14-24(30-27)25-17(2)31-34-19(25)4/h5-11,14-16,18H,12-13H2,1-4H3;5-11,14-16,18H,12-13H2,1-4H3;5-12,14-15,17H,13H2,1-4H3;5-12,14-15,18H,13H2,1-4H3/t2*18-;17-;18-/m0000/s1. The molecule has 4 aromatic carbocycles. The summed E-state index contributed by atoms with van der Waals surface area (Å²) in [6.45, 7) is 26.8. The molecule has 0 aliphatic heterocycles. The van der Waals surface area contributed by atoms with Gasteiger partial charge in [-0.05, 0) is 216 Å². The highest BCUT2D eigenvalue weighted by Crippen LogP contribution is 2.52. The summed E-state index contributed by atoms with van der Waals surface area (Å²) >= 11 is 0. The van der Waals surface area contributed by atoms with Crippen LogP contribution in [0.15, 0.2) is 262 Å². The summed E-state index contributed by atoms with van der Waals surface area (Å²) < 4.78 is 39.8. The molecule has 0 saturated heterocycles. The maximum Gasteiger partial charge on any atom is 0.316 e. The van der Waals surface area contributed by atoms with E-state index in [9.17, 15) is 19.2 Å². The van der Waals surface area contributed by atoms with Crippen molar-refractivity contribution in [2.24, 2.45) is 0 Å². The number of hydrogen-bond donors (Lipinski definition) is 0. The molecule has 2 aliphatic carbocycles. The maximum absolute atomic E-state index is 12.4. The number of ketones is 2. The predicted molar refractivity (Wildman–Crippen MR) is 539 cm³/mol. The third kappa shape index (κ3) is 18.2. The molecule has 0 N–H and O–H groups in total. The quantitative estimate of drug-likeness (QED) is 0.0507. The van der Waals surface area contributed by atoms with Crippen LogP contribution in [-0.2, 0) is 52.3 Å². The fraction of sp³-hybridized carbons (Fsp3) is 0.250. The van der Waals surface area contributed by atoms with E-state index in [1.807, 2.05) is 201 Å². The van der Waals surface area contributed by atoms with Crippen LogP contribution in [0.2, 0.25) is 0 Å². The summed E-state index contributed by atoms with van der Waals surface area (Å²) in [5.74, 6) is 2.79. The van der Waals surface area contributed by atoms with E-state index in [-0.39, 0.29) is 59.5 Å². The Morgan fingerprint density at radius 3 is 0.831 bits per heavy atom. The number of benzene rings is 4. The van der Waals surface area contributed by atoms with Gasteiger partial charge >= 0.3 is 11.9 Å². The first kappa shape index (κ1) is 94.1. The fourth-order valence-corrected chi connectivity index (χ4v) is 19.0. The van der Waals surface area contributed by atoms with Gasteiger partial charge in [0.1, 0.15) is 56.7 Å². The predicted octanol–water partition coefficient (Wildman–Crippen LogP) is 22.2. The number of carbonyl (C=O) groups excluding carboxylic acids is 4. The van der Waals surface area contributed by atoms with Crippen molar-refractivity contribution in [3.05, 3.63) is 335 Å². The van der Waals surface area contributed by atoms with Gasteiger partial charge in [-0.2, -0.15) is 0 Å². The monoisotopic (exact) mass is 1890 g/mol. The summed E-state index contributed by atoms with van der Waals surface area (Å²) in [7, 11) is 2.84. The van der Waals surface area contributed by atoms with E-state index in [4.69, 9.17) is 67.4 Å². The lowest BCUT2D eigenvalue weighted by atomic mass is 9.91. The van der Waals surface area contributed by atoms with Crippen LogP contribution >= 0.6 is 0 Å². The minimum Gasteiger partial charge on any atom is -0.469 e. The lowest BCUT2D eigenvalue weighted by Crippen LogP contribution is -2.21. The van der Waals surface area contributed by atoms with Crippen LogP contribution in [0.4, 0.5) is 0 Å². The number of esters is 2. The summed E-state index contributed by atoms with van der Waals surface area (Å²) in [5, 5.41) is 16.3. The number of pyridine rings is 4. The molecule has 142 heavy (non-hydrogen) atoms. The van der Waals surface area contributed by atoms with E-state index in [0.717, 1.165) is 216 Å². The maximum atomic E-state index is 12.4. The van der Waals surface area contributed by atoms with Crippen molar-refractivity contribution in [1.82, 2.24) is 98.7 Å². The van der Waals surface area contributed by atoms with Gasteiger partial charge in [0.05, 0.1) is 171 Å². The average molecular weight is 1890 g/mol. The zero-order chi connectivity index (χ0) is 99.1. The van der Waals surface area contributed by atoms with Crippen molar-refractivity contribution in [3.8, 4) is 89.5 Å². The molecule has 2 aliphatic rings. The number of ether oxygens (including phenoxy) is 2. The lowest BCUT2D eigenvalue weighted by molar-refractivity contribution is -0.143. The van der Waals surface area contributed by atoms with Crippen molar-refractivity contribution in [1.29, 1.82) is 0 Å². The van der Waals surface area contributed by atoms with E-state index >= 15 is 0 Å². The number of Topliss-reactive ketones (excluding diaryl/α,β-unsaturated/α-hetero) is 2. The molecule has 2 fully saturated rings. The van der Waals surface area contributed by atoms with E-state index in [1.165, 1.54) is 14.2 Å². The molecule has 0 amide bonds. The Hall–Kier alpha value is -16.9. The molecule has 712 valence electrons. The van der Waals surface area contributed by atoms with Crippen LogP contribution in [0.5, 0.6) is 0 Å². The average Bonchev–Trinajstić information content (AvgIpc) is 1.63. The number of nitrogens with zero attached hydrogens (tertiary/aromatic N) is 20. The van der Waals surface area contributed by atoms with E-state index in [0.29, 0.717) is 40.8 Å². The number of hydrogen-bond acceptors (Lipinski definition) is 26. The first-order valence-electron chi connectivity index (χ1n) is 47.1. The Morgan fingerprint density at radius 1 is 0.338 bits per heavy atom. The van der Waals surface area contributed by atoms with Gasteiger partial charge < -0.3 is 45.8 Å². The van der Waals surface area contributed by atoms with E-state index in [2.05, 4.69) is 136 Å². The molecule has 20 aromatic rings. The molecule has 2 saturated carbocycles. The smallest absolute Gasteiger partial charge is 0.316 e. The molecule has 0 bridgehead atoms. The van der Waals surface area contributed by atoms with E-state index < -0.39 is 5.41 Å². The molecule has 0 spiro atoms. The van der Waals surface area contributed by atoms with Gasteiger partial charge in [0.25, 0.3) is 0 Å². The number of fused-ring (bicyclic) bond motifs is 4. The van der Waals surface area contributed by atoms with Gasteiger partial charge in [0, 0.05) is 78.2 Å². The third-order valence-electron chi connectivity index (χ3n) is 27.2. The van der Waals surface area contributed by atoms with Crippen LogP contribution in [0.3, 0.4) is 0 Å². The van der Waals surface area contributed by atoms with Crippen LogP contribution in [0.25, 0.3) is 134 Å². The van der Waals surface area contributed by atoms with Crippen molar-refractivity contribution < 1.29 is 46.7 Å². The summed E-state index contributed by atoms with van der Waals surface area (Å²) in [4.78, 5) is 106. The van der Waals surface area contributed by atoms with Gasteiger partial charge in [0.2, 0.25) is 0 Å². The molecule has 22 rings (SSSR count). The summed E-state index contributed by atoms with van der Waals surface area (Å²) in [6.07, 6.45) is 26.8. The second-order valence-electron chi connectivity index (χ2n) is 36.4. The topological polar surface area (TPSA) is 365 Å². The summed E-state index contributed by atoms with van der Waals surface area (Å²) in [6, 6.07) is 55.8. The minimum atomic E-state index is -0.502. The van der Waals surface area contributed by atoms with Crippen LogP contribution in [-0.4, -0.2) is 136 Å². The van der Waals surface area contributed by atoms with Gasteiger partial charge in [0.15, 0.2) is 22.6 Å². The molecular weight excluding hydrogens is 1790 g/mol. The first-order valence-corrected chi connectivity index (χ1v) is 47.1. The molecular formula is C112H104N20O10. The Labute approximate surface area is 818 Å².